The molecule has 6 heteroatoms. The van der Waals surface area contributed by atoms with E-state index >= 15 is 0 Å². The summed E-state index contributed by atoms with van der Waals surface area (Å²) in [6.45, 7) is 4.09. The van der Waals surface area contributed by atoms with E-state index < -0.39 is 36.9 Å². The molecule has 428 valence electrons. The minimum absolute atomic E-state index is 0.365. The van der Waals surface area contributed by atoms with Crippen LogP contribution >= 0.6 is 0 Å². The van der Waals surface area contributed by atoms with E-state index in [1.807, 2.05) is 0 Å². The summed E-state index contributed by atoms with van der Waals surface area (Å²) < 4.78 is 0. The highest BCUT2D eigenvalue weighted by Crippen LogP contribution is 2.19. The van der Waals surface area contributed by atoms with Crippen molar-refractivity contribution in [3.05, 3.63) is 24.3 Å². The lowest BCUT2D eigenvalue weighted by Crippen LogP contribution is -2.53. The number of rotatable bonds is 61. The van der Waals surface area contributed by atoms with Crippen molar-refractivity contribution in [2.75, 3.05) is 6.61 Å². The standard InChI is InChI=1S/C66H129NO5/c1-3-5-7-9-11-13-15-17-19-21-23-25-27-29-30-31-32-33-34-36-37-39-41-43-45-47-49-51-53-55-57-59-63(69)65(71)62(61-68)67-66(72)64(70)60-58-56-54-52-50-48-46-44-42-40-38-35-28-26-24-22-20-18-16-14-12-10-8-6-4-2/h43,45,51,53,62-65,68-71H,3-42,44,46-50,52,54-61H2,1-2H3,(H,67,72)/b45-43+,53-51+. The molecule has 0 aromatic carbocycles. The van der Waals surface area contributed by atoms with Crippen LogP contribution in [-0.2, 0) is 4.79 Å². The van der Waals surface area contributed by atoms with E-state index in [1.54, 1.807) is 0 Å². The van der Waals surface area contributed by atoms with Gasteiger partial charge in [0.1, 0.15) is 12.2 Å². The Morgan fingerprint density at radius 3 is 0.875 bits per heavy atom. The maximum atomic E-state index is 12.6. The van der Waals surface area contributed by atoms with E-state index in [1.165, 1.54) is 289 Å². The number of hydrogen-bond donors (Lipinski definition) is 5. The Kier molecular flexibility index (Phi) is 59.6. The Bertz CT molecular complexity index is 1100. The van der Waals surface area contributed by atoms with Gasteiger partial charge in [0, 0.05) is 0 Å². The number of allylic oxidation sites excluding steroid dienone is 4. The van der Waals surface area contributed by atoms with Crippen LogP contribution in [0, 0.1) is 0 Å². The largest absolute Gasteiger partial charge is 0.394 e. The molecule has 0 spiro atoms. The zero-order valence-electron chi connectivity index (χ0n) is 48.7. The van der Waals surface area contributed by atoms with Gasteiger partial charge in [0.2, 0.25) is 5.91 Å². The molecule has 4 unspecified atom stereocenters. The fourth-order valence-electron chi connectivity index (χ4n) is 10.5. The minimum atomic E-state index is -1.29. The van der Waals surface area contributed by atoms with E-state index in [4.69, 9.17) is 0 Å². The molecule has 4 atom stereocenters. The Balaban J connectivity index is 3.60. The van der Waals surface area contributed by atoms with Crippen LogP contribution in [-0.4, -0.2) is 57.3 Å². The fourth-order valence-corrected chi connectivity index (χ4v) is 10.5. The summed E-state index contributed by atoms with van der Waals surface area (Å²) in [7, 11) is 0. The number of carbonyl (C=O) groups is 1. The molecule has 0 saturated carbocycles. The van der Waals surface area contributed by atoms with Crippen molar-refractivity contribution in [3.8, 4) is 0 Å². The molecule has 0 radical (unpaired) electrons. The normalized spacial score (nSPS) is 13.7. The number of aliphatic hydroxyl groups is 4. The van der Waals surface area contributed by atoms with Crippen molar-refractivity contribution in [3.63, 3.8) is 0 Å². The summed E-state index contributed by atoms with van der Waals surface area (Å²) in [5.74, 6) is -0.590. The first-order valence-corrected chi connectivity index (χ1v) is 32.7. The SMILES string of the molecule is CCCCCCCCCCCCCCCCCCCCCCCC/C=C/CC/C=C/CCCC(O)C(O)C(CO)NC(=O)C(O)CCCCCCCCCCCCCCCCCCCCCCCCCCC. The molecule has 0 aliphatic heterocycles. The predicted octanol–water partition coefficient (Wildman–Crippen LogP) is 19.8. The number of amides is 1. The third kappa shape index (κ3) is 53.6. The van der Waals surface area contributed by atoms with Gasteiger partial charge in [-0.3, -0.25) is 4.79 Å². The lowest BCUT2D eigenvalue weighted by atomic mass is 10.00. The summed E-state index contributed by atoms with van der Waals surface area (Å²) in [6.07, 6.45) is 75.8. The van der Waals surface area contributed by atoms with Gasteiger partial charge in [-0.2, -0.15) is 0 Å². The van der Waals surface area contributed by atoms with Gasteiger partial charge in [-0.25, -0.2) is 0 Å². The first-order chi connectivity index (χ1) is 35.5. The summed E-state index contributed by atoms with van der Waals surface area (Å²) >= 11 is 0. The molecule has 0 bridgehead atoms. The number of hydrogen-bond acceptors (Lipinski definition) is 5. The van der Waals surface area contributed by atoms with E-state index in [-0.39, 0.29) is 0 Å². The lowest BCUT2D eigenvalue weighted by Gasteiger charge is -2.27. The minimum Gasteiger partial charge on any atom is -0.394 e. The number of unbranched alkanes of at least 4 members (excludes halogenated alkanes) is 48. The number of aliphatic hydroxyl groups excluding tert-OH is 4. The quantitative estimate of drug-likeness (QED) is 0.0308. The van der Waals surface area contributed by atoms with Crippen LogP contribution in [0.3, 0.4) is 0 Å². The first kappa shape index (κ1) is 70.8. The van der Waals surface area contributed by atoms with Gasteiger partial charge in [0.05, 0.1) is 18.8 Å². The number of nitrogens with one attached hydrogen (secondary N) is 1. The van der Waals surface area contributed by atoms with Crippen LogP contribution in [0.5, 0.6) is 0 Å². The van der Waals surface area contributed by atoms with Crippen molar-refractivity contribution in [2.24, 2.45) is 0 Å². The van der Waals surface area contributed by atoms with Crippen molar-refractivity contribution in [1.29, 1.82) is 0 Å². The van der Waals surface area contributed by atoms with Crippen molar-refractivity contribution < 1.29 is 25.2 Å². The maximum absolute atomic E-state index is 12.6. The molecular weight excluding hydrogens is 887 g/mol. The van der Waals surface area contributed by atoms with E-state index in [0.717, 1.165) is 38.5 Å². The van der Waals surface area contributed by atoms with Crippen molar-refractivity contribution in [1.82, 2.24) is 5.32 Å². The second-order valence-electron chi connectivity index (χ2n) is 22.8. The van der Waals surface area contributed by atoms with Gasteiger partial charge < -0.3 is 25.7 Å². The third-order valence-electron chi connectivity index (χ3n) is 15.6. The molecule has 0 aliphatic rings. The summed E-state index contributed by atoms with van der Waals surface area (Å²) in [5.41, 5.74) is 0. The molecule has 0 rings (SSSR count). The summed E-state index contributed by atoms with van der Waals surface area (Å²) in [4.78, 5) is 12.6. The van der Waals surface area contributed by atoms with Gasteiger partial charge in [-0.15, -0.1) is 0 Å². The first-order valence-electron chi connectivity index (χ1n) is 32.7. The average Bonchev–Trinajstić information content (AvgIpc) is 3.39. The molecule has 0 aromatic rings. The molecule has 0 saturated heterocycles. The second kappa shape index (κ2) is 60.7. The molecule has 5 N–H and O–H groups in total. The van der Waals surface area contributed by atoms with Gasteiger partial charge in [-0.1, -0.05) is 334 Å². The topological polar surface area (TPSA) is 110 Å². The van der Waals surface area contributed by atoms with E-state index in [9.17, 15) is 25.2 Å². The summed E-state index contributed by atoms with van der Waals surface area (Å²) in [6, 6.07) is -1.01. The van der Waals surface area contributed by atoms with Crippen LogP contribution in [0.25, 0.3) is 0 Å². The average molecular weight is 1020 g/mol. The molecule has 6 nitrogen and oxygen atoms in total. The monoisotopic (exact) mass is 1020 g/mol. The molecule has 1 amide bonds. The molecule has 0 fully saturated rings. The van der Waals surface area contributed by atoms with Crippen molar-refractivity contribution >= 4 is 5.91 Å². The van der Waals surface area contributed by atoms with Crippen LogP contribution < -0.4 is 5.32 Å². The Morgan fingerprint density at radius 2 is 0.583 bits per heavy atom. The molecule has 0 aromatic heterocycles. The molecular formula is C66H129NO5. The highest BCUT2D eigenvalue weighted by atomic mass is 16.3. The third-order valence-corrected chi connectivity index (χ3v) is 15.6. The van der Waals surface area contributed by atoms with Crippen molar-refractivity contribution in [2.45, 2.75) is 385 Å². The molecule has 72 heavy (non-hydrogen) atoms. The molecule has 0 heterocycles. The number of carbonyl (C=O) groups excluding carboxylic acids is 1. The van der Waals surface area contributed by atoms with Gasteiger partial charge >= 0.3 is 0 Å². The van der Waals surface area contributed by atoms with Gasteiger partial charge in [0.15, 0.2) is 0 Å². The zero-order valence-corrected chi connectivity index (χ0v) is 48.7. The van der Waals surface area contributed by atoms with Crippen LogP contribution in [0.15, 0.2) is 24.3 Å². The van der Waals surface area contributed by atoms with Gasteiger partial charge in [0.25, 0.3) is 0 Å². The maximum Gasteiger partial charge on any atom is 0.249 e. The van der Waals surface area contributed by atoms with E-state index in [0.29, 0.717) is 19.3 Å². The zero-order chi connectivity index (χ0) is 52.3. The molecule has 0 aliphatic carbocycles. The lowest BCUT2D eigenvalue weighted by molar-refractivity contribution is -0.132. The highest BCUT2D eigenvalue weighted by Gasteiger charge is 2.28. The van der Waals surface area contributed by atoms with Gasteiger partial charge in [-0.05, 0) is 51.4 Å². The van der Waals surface area contributed by atoms with E-state index in [2.05, 4.69) is 43.5 Å². The predicted molar refractivity (Wildman–Crippen MR) is 316 cm³/mol. The summed E-state index contributed by atoms with van der Waals surface area (Å²) in [5, 5.41) is 44.1. The van der Waals surface area contributed by atoms with Crippen LogP contribution in [0.4, 0.5) is 0 Å². The Labute approximate surface area is 450 Å². The smallest absolute Gasteiger partial charge is 0.249 e. The fraction of sp³-hybridized carbons (Fsp3) is 0.924. The van der Waals surface area contributed by atoms with Crippen LogP contribution in [0.1, 0.15) is 361 Å². The second-order valence-corrected chi connectivity index (χ2v) is 22.8. The van der Waals surface area contributed by atoms with Crippen LogP contribution in [0.2, 0.25) is 0 Å². The highest BCUT2D eigenvalue weighted by molar-refractivity contribution is 5.80. The Morgan fingerprint density at radius 1 is 0.333 bits per heavy atom. The Hall–Kier alpha value is -1.21.